The van der Waals surface area contributed by atoms with Gasteiger partial charge in [0.15, 0.2) is 0 Å². The molecular weight excluding hydrogens is 265 g/mol. The molecule has 1 heterocycles. The minimum absolute atomic E-state index is 0.0396. The van der Waals surface area contributed by atoms with Crippen LogP contribution in [0.4, 0.5) is 15.8 Å². The van der Waals surface area contributed by atoms with Crippen molar-refractivity contribution < 1.29 is 4.39 Å². The van der Waals surface area contributed by atoms with E-state index in [-0.39, 0.29) is 11.4 Å². The standard InChI is InChI=1S/C17H22FN3/c1-17(2,3)20-11-13-8-9-19-12-16(13)21(4)15-7-5-6-14(18)10-15/h5-10,12,20H,11H2,1-4H3. The summed E-state index contributed by atoms with van der Waals surface area (Å²) in [7, 11) is 1.92. The second-order valence-corrected chi connectivity index (χ2v) is 6.15. The largest absolute Gasteiger partial charge is 0.343 e. The Morgan fingerprint density at radius 3 is 2.67 bits per heavy atom. The topological polar surface area (TPSA) is 28.2 Å². The van der Waals surface area contributed by atoms with Gasteiger partial charge in [-0.3, -0.25) is 4.98 Å². The van der Waals surface area contributed by atoms with Crippen LogP contribution in [0.3, 0.4) is 0 Å². The summed E-state index contributed by atoms with van der Waals surface area (Å²) in [6.07, 6.45) is 3.59. The molecule has 21 heavy (non-hydrogen) atoms. The zero-order chi connectivity index (χ0) is 15.5. The van der Waals surface area contributed by atoms with Crippen molar-refractivity contribution in [3.8, 4) is 0 Å². The summed E-state index contributed by atoms with van der Waals surface area (Å²) in [6.45, 7) is 7.12. The maximum atomic E-state index is 13.4. The highest BCUT2D eigenvalue weighted by molar-refractivity contribution is 5.64. The van der Waals surface area contributed by atoms with Gasteiger partial charge in [-0.1, -0.05) is 6.07 Å². The molecule has 4 heteroatoms. The van der Waals surface area contributed by atoms with Crippen LogP contribution < -0.4 is 10.2 Å². The SMILES string of the molecule is CN(c1cccc(F)c1)c1cnccc1CNC(C)(C)C. The molecule has 0 spiro atoms. The summed E-state index contributed by atoms with van der Waals surface area (Å²) < 4.78 is 13.4. The zero-order valence-corrected chi connectivity index (χ0v) is 13.0. The molecule has 0 bridgehead atoms. The lowest BCUT2D eigenvalue weighted by molar-refractivity contribution is 0.424. The van der Waals surface area contributed by atoms with Gasteiger partial charge in [0.1, 0.15) is 5.82 Å². The number of benzene rings is 1. The van der Waals surface area contributed by atoms with E-state index in [4.69, 9.17) is 0 Å². The molecule has 1 aromatic heterocycles. The van der Waals surface area contributed by atoms with E-state index in [1.807, 2.05) is 30.3 Å². The molecule has 0 aliphatic carbocycles. The van der Waals surface area contributed by atoms with Crippen molar-refractivity contribution in [3.05, 3.63) is 54.1 Å². The molecule has 1 aromatic carbocycles. The van der Waals surface area contributed by atoms with Crippen LogP contribution in [0, 0.1) is 5.82 Å². The number of hydrogen-bond donors (Lipinski definition) is 1. The Kier molecular flexibility index (Phi) is 4.58. The molecule has 2 rings (SSSR count). The number of rotatable bonds is 4. The predicted molar refractivity (Wildman–Crippen MR) is 85.3 cm³/mol. The number of nitrogens with one attached hydrogen (secondary N) is 1. The Morgan fingerprint density at radius 2 is 2.00 bits per heavy atom. The number of nitrogens with zero attached hydrogens (tertiary/aromatic N) is 2. The predicted octanol–water partition coefficient (Wildman–Crippen LogP) is 3.88. The van der Waals surface area contributed by atoms with Crippen LogP contribution in [-0.4, -0.2) is 17.6 Å². The van der Waals surface area contributed by atoms with Gasteiger partial charge in [-0.05, 0) is 50.6 Å². The molecule has 0 saturated carbocycles. The average molecular weight is 287 g/mol. The average Bonchev–Trinajstić information content (AvgIpc) is 2.44. The number of pyridine rings is 1. The van der Waals surface area contributed by atoms with Crippen molar-refractivity contribution in [2.24, 2.45) is 0 Å². The van der Waals surface area contributed by atoms with Crippen molar-refractivity contribution in [1.29, 1.82) is 0 Å². The monoisotopic (exact) mass is 287 g/mol. The van der Waals surface area contributed by atoms with Crippen LogP contribution in [0.25, 0.3) is 0 Å². The first-order chi connectivity index (χ1) is 9.87. The van der Waals surface area contributed by atoms with Gasteiger partial charge in [-0.25, -0.2) is 4.39 Å². The molecule has 0 atom stereocenters. The fraction of sp³-hybridized carbons (Fsp3) is 0.353. The van der Waals surface area contributed by atoms with Gasteiger partial charge in [0.2, 0.25) is 0 Å². The van der Waals surface area contributed by atoms with Gasteiger partial charge in [-0.15, -0.1) is 0 Å². The van der Waals surface area contributed by atoms with Crippen molar-refractivity contribution in [2.45, 2.75) is 32.9 Å². The zero-order valence-electron chi connectivity index (χ0n) is 13.0. The number of hydrogen-bond acceptors (Lipinski definition) is 3. The molecule has 0 amide bonds. The first-order valence-corrected chi connectivity index (χ1v) is 7.04. The fourth-order valence-corrected chi connectivity index (χ4v) is 2.05. The Hall–Kier alpha value is -1.94. The van der Waals surface area contributed by atoms with Gasteiger partial charge < -0.3 is 10.2 Å². The highest BCUT2D eigenvalue weighted by atomic mass is 19.1. The highest BCUT2D eigenvalue weighted by Gasteiger charge is 2.13. The van der Waals surface area contributed by atoms with Gasteiger partial charge in [0.25, 0.3) is 0 Å². The number of aromatic nitrogens is 1. The maximum absolute atomic E-state index is 13.4. The third kappa shape index (κ3) is 4.26. The van der Waals surface area contributed by atoms with E-state index in [1.54, 1.807) is 12.3 Å². The maximum Gasteiger partial charge on any atom is 0.125 e. The first kappa shape index (κ1) is 15.4. The Labute approximate surface area is 125 Å². The molecule has 3 nitrogen and oxygen atoms in total. The molecule has 0 saturated heterocycles. The van der Waals surface area contributed by atoms with Crippen molar-refractivity contribution in [2.75, 3.05) is 11.9 Å². The molecule has 0 unspecified atom stereocenters. The Bertz CT molecular complexity index is 605. The lowest BCUT2D eigenvalue weighted by Crippen LogP contribution is -2.35. The normalized spacial score (nSPS) is 11.5. The first-order valence-electron chi connectivity index (χ1n) is 7.04. The summed E-state index contributed by atoms with van der Waals surface area (Å²) in [5, 5.41) is 3.47. The number of anilines is 2. The van der Waals surface area contributed by atoms with Crippen LogP contribution in [-0.2, 0) is 6.54 Å². The third-order valence-electron chi connectivity index (χ3n) is 3.25. The highest BCUT2D eigenvalue weighted by Crippen LogP contribution is 2.26. The van der Waals surface area contributed by atoms with Crippen molar-refractivity contribution in [3.63, 3.8) is 0 Å². The molecule has 0 fully saturated rings. The summed E-state index contributed by atoms with van der Waals surface area (Å²) in [4.78, 5) is 6.15. The van der Waals surface area contributed by atoms with E-state index in [0.717, 1.165) is 23.5 Å². The van der Waals surface area contributed by atoms with Crippen LogP contribution in [0.15, 0.2) is 42.7 Å². The van der Waals surface area contributed by atoms with Crippen LogP contribution in [0.1, 0.15) is 26.3 Å². The molecule has 0 radical (unpaired) electrons. The van der Waals surface area contributed by atoms with E-state index in [0.29, 0.717) is 0 Å². The molecule has 0 aliphatic rings. The minimum Gasteiger partial charge on any atom is -0.343 e. The van der Waals surface area contributed by atoms with Gasteiger partial charge in [0, 0.05) is 31.0 Å². The van der Waals surface area contributed by atoms with Gasteiger partial charge >= 0.3 is 0 Å². The molecule has 2 aromatic rings. The van der Waals surface area contributed by atoms with Crippen LogP contribution in [0.5, 0.6) is 0 Å². The van der Waals surface area contributed by atoms with Crippen LogP contribution >= 0.6 is 0 Å². The van der Waals surface area contributed by atoms with E-state index >= 15 is 0 Å². The number of halogens is 1. The Balaban J connectivity index is 2.27. The lowest BCUT2D eigenvalue weighted by Gasteiger charge is -2.25. The van der Waals surface area contributed by atoms with Gasteiger partial charge in [0.05, 0.1) is 11.9 Å². The van der Waals surface area contributed by atoms with Gasteiger partial charge in [-0.2, -0.15) is 0 Å². The molecular formula is C17H22FN3. The lowest BCUT2D eigenvalue weighted by atomic mass is 10.1. The molecule has 112 valence electrons. The Morgan fingerprint density at radius 1 is 1.24 bits per heavy atom. The smallest absolute Gasteiger partial charge is 0.125 e. The summed E-state index contributed by atoms with van der Waals surface area (Å²) in [5.74, 6) is -0.238. The van der Waals surface area contributed by atoms with Crippen molar-refractivity contribution in [1.82, 2.24) is 10.3 Å². The molecule has 0 aliphatic heterocycles. The van der Waals surface area contributed by atoms with Crippen molar-refractivity contribution >= 4 is 11.4 Å². The fourth-order valence-electron chi connectivity index (χ4n) is 2.05. The third-order valence-corrected chi connectivity index (χ3v) is 3.25. The van der Waals surface area contributed by atoms with E-state index in [2.05, 4.69) is 31.1 Å². The summed E-state index contributed by atoms with van der Waals surface area (Å²) in [6, 6.07) is 8.56. The van der Waals surface area contributed by atoms with E-state index < -0.39 is 0 Å². The van der Waals surface area contributed by atoms with E-state index in [9.17, 15) is 4.39 Å². The molecule has 1 N–H and O–H groups in total. The second-order valence-electron chi connectivity index (χ2n) is 6.15. The minimum atomic E-state index is -0.238. The summed E-state index contributed by atoms with van der Waals surface area (Å²) >= 11 is 0. The summed E-state index contributed by atoms with van der Waals surface area (Å²) in [5.41, 5.74) is 2.95. The van der Waals surface area contributed by atoms with E-state index in [1.165, 1.54) is 12.1 Å². The van der Waals surface area contributed by atoms with Crippen LogP contribution in [0.2, 0.25) is 0 Å². The second kappa shape index (κ2) is 6.22. The quantitative estimate of drug-likeness (QED) is 0.925.